The van der Waals surface area contributed by atoms with Gasteiger partial charge in [0, 0.05) is 14.1 Å². The highest BCUT2D eigenvalue weighted by atomic mass is 16.3. The van der Waals surface area contributed by atoms with Gasteiger partial charge in [-0.1, -0.05) is 20.8 Å². The molecule has 13 heavy (non-hydrogen) atoms. The highest BCUT2D eigenvalue weighted by molar-refractivity contribution is 5.91. The van der Waals surface area contributed by atoms with Crippen LogP contribution in [0.5, 0.6) is 0 Å². The minimum absolute atomic E-state index is 0.709. The second kappa shape index (κ2) is 5.22. The van der Waals surface area contributed by atoms with Crippen LogP contribution in [0, 0.1) is 0 Å². The molecule has 0 rings (SSSR count). The Morgan fingerprint density at radius 2 is 1.69 bits per heavy atom. The number of hydrazone groups is 1. The molecule has 0 spiro atoms. The predicted molar refractivity (Wildman–Crippen MR) is 56.9 cm³/mol. The van der Waals surface area contributed by atoms with E-state index in [0.29, 0.717) is 0 Å². The van der Waals surface area contributed by atoms with Crippen molar-refractivity contribution in [3.8, 4) is 0 Å². The molecule has 0 bridgehead atoms. The van der Waals surface area contributed by atoms with Gasteiger partial charge in [-0.05, 0) is 19.3 Å². The highest BCUT2D eigenvalue weighted by Gasteiger charge is 2.28. The number of rotatable bonds is 5. The van der Waals surface area contributed by atoms with Crippen molar-refractivity contribution in [3.63, 3.8) is 0 Å². The average Bonchev–Trinajstić information content (AvgIpc) is 2.12. The fourth-order valence-electron chi connectivity index (χ4n) is 1.39. The molecule has 0 amide bonds. The van der Waals surface area contributed by atoms with E-state index in [1.54, 1.807) is 5.01 Å². The van der Waals surface area contributed by atoms with Crippen molar-refractivity contribution < 1.29 is 5.11 Å². The SMILES string of the molecule is CC/C(=N\N(C)C)C(O)(CC)CC. The second-order valence-electron chi connectivity index (χ2n) is 3.49. The van der Waals surface area contributed by atoms with Crippen LogP contribution in [-0.2, 0) is 0 Å². The zero-order valence-electron chi connectivity index (χ0n) is 9.46. The smallest absolute Gasteiger partial charge is 0.104 e. The van der Waals surface area contributed by atoms with E-state index in [1.165, 1.54) is 0 Å². The minimum Gasteiger partial charge on any atom is -0.384 e. The molecule has 0 aliphatic carbocycles. The van der Waals surface area contributed by atoms with E-state index in [1.807, 2.05) is 34.9 Å². The standard InChI is InChI=1S/C10H22N2O/c1-6-9(11-12(4)5)10(13,7-2)8-3/h13H,6-8H2,1-5H3/b11-9+. The summed E-state index contributed by atoms with van der Waals surface area (Å²) in [5.41, 5.74) is 0.168. The maximum atomic E-state index is 10.2. The summed E-state index contributed by atoms with van der Waals surface area (Å²) in [5, 5.41) is 16.2. The summed E-state index contributed by atoms with van der Waals surface area (Å²) in [5.74, 6) is 0. The van der Waals surface area contributed by atoms with Crippen molar-refractivity contribution >= 4 is 5.71 Å². The van der Waals surface area contributed by atoms with Gasteiger partial charge in [-0.3, -0.25) is 0 Å². The molecule has 0 aromatic rings. The predicted octanol–water partition coefficient (Wildman–Crippen LogP) is 1.87. The Hall–Kier alpha value is -0.570. The Morgan fingerprint density at radius 3 is 1.92 bits per heavy atom. The number of nitrogens with zero attached hydrogens (tertiary/aromatic N) is 2. The molecule has 3 heteroatoms. The Balaban J connectivity index is 4.72. The molecule has 3 nitrogen and oxygen atoms in total. The van der Waals surface area contributed by atoms with Crippen LogP contribution >= 0.6 is 0 Å². The summed E-state index contributed by atoms with van der Waals surface area (Å²) in [7, 11) is 3.75. The molecule has 0 aliphatic rings. The van der Waals surface area contributed by atoms with Crippen molar-refractivity contribution in [2.24, 2.45) is 5.10 Å². The summed E-state index contributed by atoms with van der Waals surface area (Å²) in [6, 6.07) is 0. The molecular formula is C10H22N2O. The van der Waals surface area contributed by atoms with Gasteiger partial charge in [0.25, 0.3) is 0 Å². The zero-order valence-corrected chi connectivity index (χ0v) is 9.46. The first-order valence-corrected chi connectivity index (χ1v) is 4.97. The third-order valence-corrected chi connectivity index (χ3v) is 2.36. The lowest BCUT2D eigenvalue weighted by molar-refractivity contribution is 0.0993. The van der Waals surface area contributed by atoms with E-state index in [4.69, 9.17) is 0 Å². The summed E-state index contributed by atoms with van der Waals surface area (Å²) in [4.78, 5) is 0. The Morgan fingerprint density at radius 1 is 1.23 bits per heavy atom. The second-order valence-corrected chi connectivity index (χ2v) is 3.49. The third-order valence-electron chi connectivity index (χ3n) is 2.36. The van der Waals surface area contributed by atoms with E-state index in [0.717, 1.165) is 25.0 Å². The van der Waals surface area contributed by atoms with Crippen molar-refractivity contribution in [1.82, 2.24) is 5.01 Å². The van der Waals surface area contributed by atoms with Gasteiger partial charge in [0.2, 0.25) is 0 Å². The molecule has 0 saturated carbocycles. The topological polar surface area (TPSA) is 35.8 Å². The molecule has 0 aromatic carbocycles. The van der Waals surface area contributed by atoms with E-state index >= 15 is 0 Å². The van der Waals surface area contributed by atoms with Crippen LogP contribution in [0.4, 0.5) is 0 Å². The van der Waals surface area contributed by atoms with Crippen LogP contribution in [0.2, 0.25) is 0 Å². The first-order chi connectivity index (χ1) is 6.00. The normalized spacial score (nSPS) is 13.2. The fraction of sp³-hybridized carbons (Fsp3) is 0.900. The molecule has 0 aliphatic heterocycles. The van der Waals surface area contributed by atoms with Gasteiger partial charge in [-0.25, -0.2) is 0 Å². The Labute approximate surface area is 81.4 Å². The van der Waals surface area contributed by atoms with Crippen LogP contribution in [-0.4, -0.2) is 35.5 Å². The van der Waals surface area contributed by atoms with Crippen LogP contribution in [0.1, 0.15) is 40.0 Å². The van der Waals surface area contributed by atoms with Gasteiger partial charge in [0.05, 0.1) is 5.71 Å². The monoisotopic (exact) mass is 186 g/mol. The average molecular weight is 186 g/mol. The van der Waals surface area contributed by atoms with Gasteiger partial charge in [-0.2, -0.15) is 5.10 Å². The number of hydrogen-bond acceptors (Lipinski definition) is 3. The quantitative estimate of drug-likeness (QED) is 0.525. The lowest BCUT2D eigenvalue weighted by Gasteiger charge is -2.27. The van der Waals surface area contributed by atoms with Crippen LogP contribution in [0.3, 0.4) is 0 Å². The molecule has 78 valence electrons. The van der Waals surface area contributed by atoms with Crippen molar-refractivity contribution in [1.29, 1.82) is 0 Å². The van der Waals surface area contributed by atoms with Gasteiger partial charge in [0.15, 0.2) is 0 Å². The maximum Gasteiger partial charge on any atom is 0.104 e. The first kappa shape index (κ1) is 12.4. The Bertz CT molecular complexity index is 172. The maximum absolute atomic E-state index is 10.2. The van der Waals surface area contributed by atoms with Crippen LogP contribution in [0.25, 0.3) is 0 Å². The summed E-state index contributed by atoms with van der Waals surface area (Å²) in [6.07, 6.45) is 2.25. The van der Waals surface area contributed by atoms with E-state index in [2.05, 4.69) is 5.10 Å². The molecular weight excluding hydrogens is 164 g/mol. The summed E-state index contributed by atoms with van der Waals surface area (Å²) >= 11 is 0. The molecule has 0 atom stereocenters. The van der Waals surface area contributed by atoms with E-state index in [9.17, 15) is 5.11 Å². The molecule has 0 unspecified atom stereocenters. The summed E-state index contributed by atoms with van der Waals surface area (Å²) < 4.78 is 0. The molecule has 0 aromatic heterocycles. The zero-order chi connectivity index (χ0) is 10.5. The van der Waals surface area contributed by atoms with E-state index < -0.39 is 5.60 Å². The van der Waals surface area contributed by atoms with Crippen molar-refractivity contribution in [3.05, 3.63) is 0 Å². The molecule has 0 radical (unpaired) electrons. The molecule has 0 saturated heterocycles. The highest BCUT2D eigenvalue weighted by Crippen LogP contribution is 2.19. The van der Waals surface area contributed by atoms with E-state index in [-0.39, 0.29) is 0 Å². The van der Waals surface area contributed by atoms with Gasteiger partial charge >= 0.3 is 0 Å². The largest absolute Gasteiger partial charge is 0.384 e. The number of aliphatic hydroxyl groups is 1. The summed E-state index contributed by atoms with van der Waals surface area (Å²) in [6.45, 7) is 6.01. The van der Waals surface area contributed by atoms with Crippen LogP contribution < -0.4 is 0 Å². The van der Waals surface area contributed by atoms with Gasteiger partial charge < -0.3 is 10.1 Å². The van der Waals surface area contributed by atoms with Crippen molar-refractivity contribution in [2.75, 3.05) is 14.1 Å². The van der Waals surface area contributed by atoms with Gasteiger partial charge in [0.1, 0.15) is 5.60 Å². The fourth-order valence-corrected chi connectivity index (χ4v) is 1.39. The molecule has 0 fully saturated rings. The number of hydrogen-bond donors (Lipinski definition) is 1. The van der Waals surface area contributed by atoms with Crippen molar-refractivity contribution in [2.45, 2.75) is 45.6 Å². The molecule has 1 N–H and O–H groups in total. The lowest BCUT2D eigenvalue weighted by Crippen LogP contribution is -2.38. The van der Waals surface area contributed by atoms with Crippen LogP contribution in [0.15, 0.2) is 5.10 Å². The third kappa shape index (κ3) is 3.35. The van der Waals surface area contributed by atoms with Gasteiger partial charge in [-0.15, -0.1) is 0 Å². The minimum atomic E-state index is -0.709. The Kier molecular flexibility index (Phi) is 4.99. The lowest BCUT2D eigenvalue weighted by atomic mass is 9.90. The first-order valence-electron chi connectivity index (χ1n) is 4.97. The molecule has 0 heterocycles.